The number of hydrogen-bond acceptors (Lipinski definition) is 2. The third kappa shape index (κ3) is 3.02. The number of fused-ring (bicyclic) bond motifs is 1. The number of carbonyl (C=O) groups is 1. The Labute approximate surface area is 131 Å². The predicted octanol–water partition coefficient (Wildman–Crippen LogP) is 3.55. The summed E-state index contributed by atoms with van der Waals surface area (Å²) in [6, 6.07) is 3.98. The van der Waals surface area contributed by atoms with Crippen molar-refractivity contribution >= 4 is 16.9 Å². The van der Waals surface area contributed by atoms with Crippen molar-refractivity contribution in [1.82, 2.24) is 4.57 Å². The van der Waals surface area contributed by atoms with E-state index >= 15 is 0 Å². The molecule has 0 aliphatic heterocycles. The first-order valence-electron chi connectivity index (χ1n) is 7.89. The summed E-state index contributed by atoms with van der Waals surface area (Å²) in [5.41, 5.74) is 9.02. The van der Waals surface area contributed by atoms with Gasteiger partial charge < -0.3 is 15.4 Å². The number of carboxylic acids is 1. The second-order valence-electron chi connectivity index (χ2n) is 6.81. The average molecular weight is 302 g/mol. The molecule has 3 N–H and O–H groups in total. The fourth-order valence-corrected chi connectivity index (χ4v) is 2.85. The Hall–Kier alpha value is -1.81. The predicted molar refractivity (Wildman–Crippen MR) is 90.6 cm³/mol. The van der Waals surface area contributed by atoms with Crippen LogP contribution in [0.5, 0.6) is 0 Å². The van der Waals surface area contributed by atoms with Crippen molar-refractivity contribution in [3.63, 3.8) is 0 Å². The number of benzene rings is 1. The minimum atomic E-state index is -0.866. The van der Waals surface area contributed by atoms with Gasteiger partial charge in [0.2, 0.25) is 0 Å². The van der Waals surface area contributed by atoms with E-state index in [-0.39, 0.29) is 5.41 Å². The van der Waals surface area contributed by atoms with Gasteiger partial charge in [-0.15, -0.1) is 0 Å². The Bertz CT molecular complexity index is 693. The zero-order valence-electron chi connectivity index (χ0n) is 13.9. The van der Waals surface area contributed by atoms with E-state index in [1.807, 2.05) is 17.6 Å². The van der Waals surface area contributed by atoms with Gasteiger partial charge in [-0.2, -0.15) is 0 Å². The van der Waals surface area contributed by atoms with Crippen LogP contribution in [-0.4, -0.2) is 22.2 Å². The van der Waals surface area contributed by atoms with Gasteiger partial charge in [0.15, 0.2) is 0 Å². The summed E-state index contributed by atoms with van der Waals surface area (Å²) in [5.74, 6) is -0.866. The number of aryl methyl sites for hydroxylation is 2. The number of aromatic carboxylic acids is 1. The topological polar surface area (TPSA) is 68.2 Å². The van der Waals surface area contributed by atoms with Crippen LogP contribution in [0, 0.1) is 0 Å². The SMILES string of the molecule is CCn1cc(CCCN)c2cc(C(C)(C)C)cc(C(=O)O)c21. The van der Waals surface area contributed by atoms with Crippen LogP contribution in [0.3, 0.4) is 0 Å². The van der Waals surface area contributed by atoms with E-state index in [0.29, 0.717) is 12.1 Å². The summed E-state index contributed by atoms with van der Waals surface area (Å²) in [5, 5.41) is 10.7. The van der Waals surface area contributed by atoms with Crippen molar-refractivity contribution in [1.29, 1.82) is 0 Å². The van der Waals surface area contributed by atoms with Crippen LogP contribution in [0.1, 0.15) is 55.6 Å². The summed E-state index contributed by atoms with van der Waals surface area (Å²) in [6.07, 6.45) is 3.87. The van der Waals surface area contributed by atoms with E-state index in [1.54, 1.807) is 0 Å². The van der Waals surface area contributed by atoms with Gasteiger partial charge >= 0.3 is 5.97 Å². The summed E-state index contributed by atoms with van der Waals surface area (Å²) in [7, 11) is 0. The lowest BCUT2D eigenvalue weighted by Crippen LogP contribution is -2.13. The third-order valence-electron chi connectivity index (χ3n) is 4.14. The second kappa shape index (κ2) is 6.13. The highest BCUT2D eigenvalue weighted by atomic mass is 16.4. The van der Waals surface area contributed by atoms with Crippen molar-refractivity contribution in [2.45, 2.75) is 52.5 Å². The first-order valence-corrected chi connectivity index (χ1v) is 7.89. The third-order valence-corrected chi connectivity index (χ3v) is 4.14. The fourth-order valence-electron chi connectivity index (χ4n) is 2.85. The summed E-state index contributed by atoms with van der Waals surface area (Å²) < 4.78 is 2.04. The average Bonchev–Trinajstić information content (AvgIpc) is 2.81. The zero-order chi connectivity index (χ0) is 16.5. The Morgan fingerprint density at radius 2 is 2.00 bits per heavy atom. The van der Waals surface area contributed by atoms with Crippen molar-refractivity contribution in [3.05, 3.63) is 35.0 Å². The molecule has 1 heterocycles. The second-order valence-corrected chi connectivity index (χ2v) is 6.81. The number of nitrogens with zero attached hydrogens (tertiary/aromatic N) is 1. The molecule has 4 nitrogen and oxygen atoms in total. The number of aromatic nitrogens is 1. The lowest BCUT2D eigenvalue weighted by atomic mass is 9.84. The molecule has 0 aliphatic rings. The van der Waals surface area contributed by atoms with E-state index in [4.69, 9.17) is 5.73 Å². The van der Waals surface area contributed by atoms with Crippen molar-refractivity contribution in [3.8, 4) is 0 Å². The maximum absolute atomic E-state index is 11.8. The molecule has 0 amide bonds. The van der Waals surface area contributed by atoms with Crippen molar-refractivity contribution < 1.29 is 9.90 Å². The first kappa shape index (κ1) is 16.6. The Kier molecular flexibility index (Phi) is 4.61. The molecule has 4 heteroatoms. The van der Waals surface area contributed by atoms with Gasteiger partial charge in [-0.3, -0.25) is 0 Å². The van der Waals surface area contributed by atoms with Crippen LogP contribution >= 0.6 is 0 Å². The van der Waals surface area contributed by atoms with Crippen LogP contribution in [0.15, 0.2) is 18.3 Å². The highest BCUT2D eigenvalue weighted by Gasteiger charge is 2.22. The standard InChI is InChI=1S/C18H26N2O2/c1-5-20-11-12(7-6-8-19)14-9-13(18(2,3)4)10-15(16(14)20)17(21)22/h9-11H,5-8,19H2,1-4H3,(H,21,22). The normalized spacial score (nSPS) is 12.0. The number of rotatable bonds is 5. The van der Waals surface area contributed by atoms with Crippen molar-refractivity contribution in [2.75, 3.05) is 6.54 Å². The molecular weight excluding hydrogens is 276 g/mol. The fraction of sp³-hybridized carbons (Fsp3) is 0.500. The van der Waals surface area contributed by atoms with E-state index in [2.05, 4.69) is 33.0 Å². The van der Waals surface area contributed by atoms with Crippen LogP contribution in [0.4, 0.5) is 0 Å². The Morgan fingerprint density at radius 1 is 1.32 bits per heavy atom. The quantitative estimate of drug-likeness (QED) is 0.887. The molecule has 0 bridgehead atoms. The van der Waals surface area contributed by atoms with E-state index in [9.17, 15) is 9.90 Å². The van der Waals surface area contributed by atoms with Crippen LogP contribution in [0.25, 0.3) is 10.9 Å². The Balaban J connectivity index is 2.78. The monoisotopic (exact) mass is 302 g/mol. The maximum atomic E-state index is 11.8. The van der Waals surface area contributed by atoms with Crippen LogP contribution < -0.4 is 5.73 Å². The molecular formula is C18H26N2O2. The van der Waals surface area contributed by atoms with E-state index < -0.39 is 5.97 Å². The van der Waals surface area contributed by atoms with Crippen LogP contribution in [0.2, 0.25) is 0 Å². The molecule has 2 aromatic rings. The molecule has 1 aromatic heterocycles. The number of carboxylic acid groups (broad SMARTS) is 1. The molecule has 0 unspecified atom stereocenters. The summed E-state index contributed by atoms with van der Waals surface area (Å²) >= 11 is 0. The van der Waals surface area contributed by atoms with Crippen LogP contribution in [-0.2, 0) is 18.4 Å². The highest BCUT2D eigenvalue weighted by molar-refractivity contribution is 6.04. The number of hydrogen-bond donors (Lipinski definition) is 2. The number of nitrogens with two attached hydrogens (primary N) is 1. The molecule has 0 atom stereocenters. The molecule has 22 heavy (non-hydrogen) atoms. The van der Waals surface area contributed by atoms with Gasteiger partial charge in [-0.05, 0) is 55.0 Å². The maximum Gasteiger partial charge on any atom is 0.337 e. The smallest absolute Gasteiger partial charge is 0.337 e. The molecule has 0 aliphatic carbocycles. The highest BCUT2D eigenvalue weighted by Crippen LogP contribution is 2.32. The largest absolute Gasteiger partial charge is 0.478 e. The van der Waals surface area contributed by atoms with Gasteiger partial charge in [0.1, 0.15) is 0 Å². The van der Waals surface area contributed by atoms with E-state index in [0.717, 1.165) is 35.9 Å². The molecule has 0 fully saturated rings. The van der Waals surface area contributed by atoms with Gasteiger partial charge in [0.25, 0.3) is 0 Å². The molecule has 0 spiro atoms. The summed E-state index contributed by atoms with van der Waals surface area (Å²) in [6.45, 7) is 9.76. The molecule has 2 rings (SSSR count). The minimum absolute atomic E-state index is 0.0855. The van der Waals surface area contributed by atoms with Gasteiger partial charge in [0, 0.05) is 18.1 Å². The minimum Gasteiger partial charge on any atom is -0.478 e. The molecule has 0 saturated heterocycles. The zero-order valence-corrected chi connectivity index (χ0v) is 13.9. The summed E-state index contributed by atoms with van der Waals surface area (Å²) in [4.78, 5) is 11.8. The molecule has 120 valence electrons. The van der Waals surface area contributed by atoms with Gasteiger partial charge in [0.05, 0.1) is 11.1 Å². The Morgan fingerprint density at radius 3 is 2.50 bits per heavy atom. The van der Waals surface area contributed by atoms with Gasteiger partial charge in [-0.1, -0.05) is 20.8 Å². The lowest BCUT2D eigenvalue weighted by Gasteiger charge is -2.20. The van der Waals surface area contributed by atoms with E-state index in [1.165, 1.54) is 5.56 Å². The molecule has 0 radical (unpaired) electrons. The first-order chi connectivity index (χ1) is 10.3. The van der Waals surface area contributed by atoms with Crippen molar-refractivity contribution in [2.24, 2.45) is 5.73 Å². The molecule has 1 aromatic carbocycles. The van der Waals surface area contributed by atoms with Gasteiger partial charge in [-0.25, -0.2) is 4.79 Å². The molecule has 0 saturated carbocycles. The lowest BCUT2D eigenvalue weighted by molar-refractivity contribution is 0.0698.